The second kappa shape index (κ2) is 8.97. The average molecular weight is 226 g/mol. The van der Waals surface area contributed by atoms with E-state index in [0.29, 0.717) is 6.54 Å². The quantitative estimate of drug-likeness (QED) is 0.589. The third kappa shape index (κ3) is 13.7. The Morgan fingerprint density at radius 3 is 1.93 bits per heavy atom. The minimum atomic E-state index is -4.01. The molecule has 0 aromatic rings. The van der Waals surface area contributed by atoms with E-state index in [1.165, 1.54) is 0 Å². The molecule has 0 rings (SSSR count). The zero-order valence-corrected chi connectivity index (χ0v) is 9.29. The SMILES string of the molecule is CCCNCCCNCCCC(F)(F)F. The lowest BCUT2D eigenvalue weighted by molar-refractivity contribution is -0.135. The predicted molar refractivity (Wildman–Crippen MR) is 55.9 cm³/mol. The van der Waals surface area contributed by atoms with Crippen LogP contribution in [-0.4, -0.2) is 32.4 Å². The molecule has 0 fully saturated rings. The van der Waals surface area contributed by atoms with E-state index in [4.69, 9.17) is 0 Å². The fourth-order valence-electron chi connectivity index (χ4n) is 1.18. The molecule has 0 unspecified atom stereocenters. The average Bonchev–Trinajstić information content (AvgIpc) is 2.14. The fourth-order valence-corrected chi connectivity index (χ4v) is 1.18. The van der Waals surface area contributed by atoms with Gasteiger partial charge in [0.25, 0.3) is 0 Å². The highest BCUT2D eigenvalue weighted by atomic mass is 19.4. The maximum Gasteiger partial charge on any atom is 0.389 e. The lowest BCUT2D eigenvalue weighted by Crippen LogP contribution is -2.23. The van der Waals surface area contributed by atoms with Crippen LogP contribution in [0.1, 0.15) is 32.6 Å². The number of hydrogen-bond acceptors (Lipinski definition) is 2. The summed E-state index contributed by atoms with van der Waals surface area (Å²) in [4.78, 5) is 0. The molecule has 0 amide bonds. The third-order valence-electron chi connectivity index (χ3n) is 1.95. The molecule has 92 valence electrons. The molecule has 15 heavy (non-hydrogen) atoms. The Kier molecular flexibility index (Phi) is 8.80. The van der Waals surface area contributed by atoms with E-state index >= 15 is 0 Å². The normalized spacial score (nSPS) is 12.0. The zero-order chi connectivity index (χ0) is 11.6. The molecule has 0 bridgehead atoms. The van der Waals surface area contributed by atoms with Gasteiger partial charge in [-0.2, -0.15) is 13.2 Å². The van der Waals surface area contributed by atoms with Crippen LogP contribution >= 0.6 is 0 Å². The zero-order valence-electron chi connectivity index (χ0n) is 9.29. The molecule has 0 aliphatic carbocycles. The highest BCUT2D eigenvalue weighted by Gasteiger charge is 2.25. The molecular weight excluding hydrogens is 205 g/mol. The molecule has 0 heterocycles. The molecule has 5 heteroatoms. The first-order valence-corrected chi connectivity index (χ1v) is 5.54. The molecule has 0 aliphatic heterocycles. The minimum absolute atomic E-state index is 0.173. The summed E-state index contributed by atoms with van der Waals surface area (Å²) in [7, 11) is 0. The molecule has 0 aromatic carbocycles. The van der Waals surface area contributed by atoms with Gasteiger partial charge in [0.15, 0.2) is 0 Å². The van der Waals surface area contributed by atoms with Crippen LogP contribution in [0.25, 0.3) is 0 Å². The largest absolute Gasteiger partial charge is 0.389 e. The van der Waals surface area contributed by atoms with E-state index in [2.05, 4.69) is 17.6 Å². The van der Waals surface area contributed by atoms with Crippen molar-refractivity contribution in [2.75, 3.05) is 26.2 Å². The lowest BCUT2D eigenvalue weighted by atomic mass is 10.3. The molecule has 2 nitrogen and oxygen atoms in total. The summed E-state index contributed by atoms with van der Waals surface area (Å²) >= 11 is 0. The van der Waals surface area contributed by atoms with Gasteiger partial charge < -0.3 is 10.6 Å². The summed E-state index contributed by atoms with van der Waals surface area (Å²) in [6, 6.07) is 0. The summed E-state index contributed by atoms with van der Waals surface area (Å²) in [5, 5.41) is 6.23. The molecule has 0 aromatic heterocycles. The van der Waals surface area contributed by atoms with Gasteiger partial charge in [0.1, 0.15) is 0 Å². The highest BCUT2D eigenvalue weighted by Crippen LogP contribution is 2.20. The van der Waals surface area contributed by atoms with Gasteiger partial charge in [-0.15, -0.1) is 0 Å². The first kappa shape index (κ1) is 14.7. The highest BCUT2D eigenvalue weighted by molar-refractivity contribution is 4.55. The second-order valence-electron chi connectivity index (χ2n) is 3.57. The van der Waals surface area contributed by atoms with Crippen LogP contribution in [0.15, 0.2) is 0 Å². The third-order valence-corrected chi connectivity index (χ3v) is 1.95. The summed E-state index contributed by atoms with van der Waals surface area (Å²) in [6.07, 6.45) is -2.45. The smallest absolute Gasteiger partial charge is 0.317 e. The molecule has 0 radical (unpaired) electrons. The Bertz CT molecular complexity index is 137. The molecule has 0 atom stereocenters. The number of alkyl halides is 3. The predicted octanol–water partition coefficient (Wildman–Crippen LogP) is 2.31. The van der Waals surface area contributed by atoms with Crippen molar-refractivity contribution < 1.29 is 13.2 Å². The topological polar surface area (TPSA) is 24.1 Å². The van der Waals surface area contributed by atoms with Crippen LogP contribution < -0.4 is 10.6 Å². The van der Waals surface area contributed by atoms with Crippen molar-refractivity contribution in [3.8, 4) is 0 Å². The summed E-state index contributed by atoms with van der Waals surface area (Å²) in [5.41, 5.74) is 0. The molecular formula is C10H21F3N2. The molecule has 0 aliphatic rings. The van der Waals surface area contributed by atoms with Crippen LogP contribution in [0.3, 0.4) is 0 Å². The van der Waals surface area contributed by atoms with Crippen molar-refractivity contribution in [3.05, 3.63) is 0 Å². The Labute approximate surface area is 89.6 Å². The van der Waals surface area contributed by atoms with Crippen molar-refractivity contribution in [1.29, 1.82) is 0 Å². The van der Waals surface area contributed by atoms with Crippen LogP contribution in [0.5, 0.6) is 0 Å². The van der Waals surface area contributed by atoms with Crippen molar-refractivity contribution >= 4 is 0 Å². The van der Waals surface area contributed by atoms with Crippen LogP contribution in [0.4, 0.5) is 13.2 Å². The Hall–Kier alpha value is -0.290. The van der Waals surface area contributed by atoms with Gasteiger partial charge >= 0.3 is 6.18 Å². The van der Waals surface area contributed by atoms with Gasteiger partial charge in [-0.25, -0.2) is 0 Å². The van der Waals surface area contributed by atoms with E-state index in [1.807, 2.05) is 0 Å². The van der Waals surface area contributed by atoms with Gasteiger partial charge in [0.2, 0.25) is 0 Å². The van der Waals surface area contributed by atoms with E-state index in [9.17, 15) is 13.2 Å². The van der Waals surface area contributed by atoms with Crippen molar-refractivity contribution in [2.24, 2.45) is 0 Å². The standard InChI is InChI=1S/C10H21F3N2/c1-2-6-14-8-4-9-15-7-3-5-10(11,12)13/h14-15H,2-9H2,1H3. The maximum absolute atomic E-state index is 11.7. The molecule has 0 saturated heterocycles. The number of rotatable bonds is 9. The van der Waals surface area contributed by atoms with E-state index in [-0.39, 0.29) is 6.42 Å². The summed E-state index contributed by atoms with van der Waals surface area (Å²) < 4.78 is 35.2. The number of nitrogens with one attached hydrogen (secondary N) is 2. The monoisotopic (exact) mass is 226 g/mol. The number of halogens is 3. The van der Waals surface area contributed by atoms with Crippen LogP contribution in [-0.2, 0) is 0 Å². The van der Waals surface area contributed by atoms with Crippen molar-refractivity contribution in [3.63, 3.8) is 0 Å². The second-order valence-corrected chi connectivity index (χ2v) is 3.57. The lowest BCUT2D eigenvalue weighted by Gasteiger charge is -2.07. The molecule has 2 N–H and O–H groups in total. The fraction of sp³-hybridized carbons (Fsp3) is 1.00. The minimum Gasteiger partial charge on any atom is -0.317 e. The first-order valence-electron chi connectivity index (χ1n) is 5.54. The number of hydrogen-bond donors (Lipinski definition) is 2. The van der Waals surface area contributed by atoms with Gasteiger partial charge in [0.05, 0.1) is 0 Å². The van der Waals surface area contributed by atoms with Crippen LogP contribution in [0.2, 0.25) is 0 Å². The van der Waals surface area contributed by atoms with E-state index in [0.717, 1.165) is 32.5 Å². The van der Waals surface area contributed by atoms with Gasteiger partial charge in [-0.05, 0) is 45.4 Å². The Balaban J connectivity index is 2.99. The first-order chi connectivity index (χ1) is 7.06. The van der Waals surface area contributed by atoms with Gasteiger partial charge in [0, 0.05) is 6.42 Å². The Morgan fingerprint density at radius 1 is 0.867 bits per heavy atom. The summed E-state index contributed by atoms with van der Waals surface area (Å²) in [6.45, 7) is 5.28. The maximum atomic E-state index is 11.7. The molecule has 0 saturated carbocycles. The van der Waals surface area contributed by atoms with Crippen LogP contribution in [0, 0.1) is 0 Å². The van der Waals surface area contributed by atoms with Gasteiger partial charge in [-0.1, -0.05) is 6.92 Å². The van der Waals surface area contributed by atoms with Crippen molar-refractivity contribution in [1.82, 2.24) is 10.6 Å². The van der Waals surface area contributed by atoms with E-state index < -0.39 is 12.6 Å². The van der Waals surface area contributed by atoms with Gasteiger partial charge in [-0.3, -0.25) is 0 Å². The molecule has 0 spiro atoms. The Morgan fingerprint density at radius 2 is 1.40 bits per heavy atom. The van der Waals surface area contributed by atoms with Crippen molar-refractivity contribution in [2.45, 2.75) is 38.8 Å². The summed E-state index contributed by atoms with van der Waals surface area (Å²) in [5.74, 6) is 0. The van der Waals surface area contributed by atoms with E-state index in [1.54, 1.807) is 0 Å².